The molecule has 7 heteroatoms. The lowest BCUT2D eigenvalue weighted by Gasteiger charge is -2.15. The molecule has 158 valence electrons. The normalized spacial score (nSPS) is 17.6. The summed E-state index contributed by atoms with van der Waals surface area (Å²) >= 11 is 0. The van der Waals surface area contributed by atoms with Crippen molar-refractivity contribution in [3.63, 3.8) is 0 Å². The van der Waals surface area contributed by atoms with E-state index in [2.05, 4.69) is 9.97 Å². The number of nitrogens with zero attached hydrogens (tertiary/aromatic N) is 1. The van der Waals surface area contributed by atoms with E-state index in [4.69, 9.17) is 4.74 Å². The Bertz CT molecular complexity index is 1360. The van der Waals surface area contributed by atoms with Gasteiger partial charge in [0.25, 0.3) is 0 Å². The zero-order valence-electron chi connectivity index (χ0n) is 16.6. The predicted molar refractivity (Wildman–Crippen MR) is 117 cm³/mol. The topological polar surface area (TPSA) is 44.0 Å². The molecule has 0 aliphatic carbocycles. The molecule has 0 saturated carbocycles. The number of aromatic nitrogens is 2. The molecule has 3 aromatic carbocycles. The van der Waals surface area contributed by atoms with E-state index in [9.17, 15) is 13.2 Å². The molecule has 31 heavy (non-hydrogen) atoms. The molecule has 1 aliphatic rings. The van der Waals surface area contributed by atoms with Crippen molar-refractivity contribution in [3.8, 4) is 5.75 Å². The molecule has 1 saturated heterocycles. The molecule has 0 bridgehead atoms. The lowest BCUT2D eigenvalue weighted by Crippen LogP contribution is -2.26. The second-order valence-corrected chi connectivity index (χ2v) is 8.22. The Morgan fingerprint density at radius 2 is 1.48 bits per heavy atom. The van der Waals surface area contributed by atoms with Gasteiger partial charge in [-0.15, -0.1) is 0 Å². The number of alkyl halides is 1. The van der Waals surface area contributed by atoms with Gasteiger partial charge in [-0.25, -0.2) is 13.2 Å². The number of halogens is 3. The van der Waals surface area contributed by atoms with Gasteiger partial charge in [-0.1, -0.05) is 0 Å². The fourth-order valence-electron chi connectivity index (χ4n) is 4.71. The molecule has 0 amide bonds. The van der Waals surface area contributed by atoms with Crippen LogP contribution in [0.3, 0.4) is 0 Å². The first-order valence-corrected chi connectivity index (χ1v) is 10.4. The molecule has 6 rings (SSSR count). The van der Waals surface area contributed by atoms with E-state index in [1.54, 1.807) is 12.1 Å². The van der Waals surface area contributed by atoms with Crippen molar-refractivity contribution in [3.05, 3.63) is 54.1 Å². The average Bonchev–Trinajstić information content (AvgIpc) is 3.43. The predicted octanol–water partition coefficient (Wildman–Crippen LogP) is 5.66. The average molecular weight is 423 g/mol. The molecule has 2 N–H and O–H groups in total. The quantitative estimate of drug-likeness (QED) is 0.392. The first-order valence-electron chi connectivity index (χ1n) is 10.4. The molecule has 1 atom stereocenters. The van der Waals surface area contributed by atoms with Crippen LogP contribution in [0, 0.1) is 11.6 Å². The van der Waals surface area contributed by atoms with Crippen molar-refractivity contribution in [2.45, 2.75) is 12.6 Å². The number of hydrogen-bond acceptors (Lipinski definition) is 2. The summed E-state index contributed by atoms with van der Waals surface area (Å²) in [6.45, 7) is 2.15. The van der Waals surface area contributed by atoms with Gasteiger partial charge in [-0.3, -0.25) is 4.90 Å². The van der Waals surface area contributed by atoms with Crippen LogP contribution >= 0.6 is 0 Å². The molecule has 0 unspecified atom stereocenters. The van der Waals surface area contributed by atoms with Crippen molar-refractivity contribution < 1.29 is 17.9 Å². The Morgan fingerprint density at radius 3 is 2.03 bits per heavy atom. The van der Waals surface area contributed by atoms with Gasteiger partial charge in [0.05, 0.1) is 11.0 Å². The second kappa shape index (κ2) is 6.92. The zero-order chi connectivity index (χ0) is 21.1. The first kappa shape index (κ1) is 18.6. The van der Waals surface area contributed by atoms with E-state index >= 15 is 0 Å². The van der Waals surface area contributed by atoms with Gasteiger partial charge in [0.1, 0.15) is 24.4 Å². The fourth-order valence-corrected chi connectivity index (χ4v) is 4.71. The third kappa shape index (κ3) is 3.03. The monoisotopic (exact) mass is 423 g/mol. The number of nitrogens with one attached hydrogen (secondary N) is 2. The van der Waals surface area contributed by atoms with Gasteiger partial charge in [-0.05, 0) is 48.9 Å². The van der Waals surface area contributed by atoms with E-state index in [0.717, 1.165) is 50.2 Å². The van der Waals surface area contributed by atoms with Crippen LogP contribution in [0.2, 0.25) is 0 Å². The van der Waals surface area contributed by atoms with Crippen LogP contribution in [0.25, 0.3) is 43.6 Å². The van der Waals surface area contributed by atoms with E-state index in [1.165, 1.54) is 24.3 Å². The lowest BCUT2D eigenvalue weighted by atomic mass is 10.1. The first-order chi connectivity index (χ1) is 15.1. The number of benzene rings is 3. The van der Waals surface area contributed by atoms with Crippen LogP contribution in [0.1, 0.15) is 6.42 Å². The number of rotatable bonds is 4. The van der Waals surface area contributed by atoms with Crippen LogP contribution in [0.4, 0.5) is 13.2 Å². The number of ether oxygens (including phenoxy) is 1. The zero-order valence-corrected chi connectivity index (χ0v) is 16.6. The minimum atomic E-state index is -0.776. The number of aromatic amines is 2. The van der Waals surface area contributed by atoms with Crippen molar-refractivity contribution in [2.24, 2.45) is 0 Å². The third-order valence-corrected chi connectivity index (χ3v) is 6.21. The molecule has 1 aliphatic heterocycles. The van der Waals surface area contributed by atoms with Crippen molar-refractivity contribution in [2.75, 3.05) is 26.2 Å². The molecule has 0 radical (unpaired) electrons. The maximum Gasteiger partial charge on any atom is 0.167 e. The standard InChI is InChI=1S/C24H20F3N3O/c25-13-1-3-20-16(9-13)18-11-19-17-10-14(26)2-4-21(17)29-23(19)24(22(18)28-20)31-8-7-30-6-5-15(27)12-30/h1-4,9-11,15,28-29H,5-8,12H2/t15-/m0/s1. The molecule has 0 spiro atoms. The maximum atomic E-state index is 14.0. The lowest BCUT2D eigenvalue weighted by molar-refractivity contribution is 0.227. The minimum absolute atomic E-state index is 0.323. The highest BCUT2D eigenvalue weighted by Gasteiger charge is 2.22. The molecular weight excluding hydrogens is 403 g/mol. The van der Waals surface area contributed by atoms with Crippen molar-refractivity contribution in [1.29, 1.82) is 0 Å². The van der Waals surface area contributed by atoms with Gasteiger partial charge in [0, 0.05) is 52.2 Å². The van der Waals surface area contributed by atoms with Gasteiger partial charge in [0.15, 0.2) is 5.75 Å². The highest BCUT2D eigenvalue weighted by atomic mass is 19.1. The van der Waals surface area contributed by atoms with Gasteiger partial charge in [-0.2, -0.15) is 0 Å². The Labute approximate surface area is 175 Å². The summed E-state index contributed by atoms with van der Waals surface area (Å²) in [5, 5.41) is 3.11. The van der Waals surface area contributed by atoms with Crippen LogP contribution in [-0.2, 0) is 0 Å². The highest BCUT2D eigenvalue weighted by molar-refractivity contribution is 6.20. The maximum absolute atomic E-state index is 14.0. The van der Waals surface area contributed by atoms with E-state index in [-0.39, 0.29) is 11.6 Å². The minimum Gasteiger partial charge on any atom is -0.488 e. The molecule has 1 fully saturated rings. The van der Waals surface area contributed by atoms with Crippen LogP contribution in [-0.4, -0.2) is 47.3 Å². The molecule has 2 aromatic heterocycles. The largest absolute Gasteiger partial charge is 0.488 e. The van der Waals surface area contributed by atoms with E-state index in [0.29, 0.717) is 31.9 Å². The Morgan fingerprint density at radius 1 is 0.871 bits per heavy atom. The Hall–Kier alpha value is -3.19. The third-order valence-electron chi connectivity index (χ3n) is 6.21. The molecule has 5 aromatic rings. The SMILES string of the molecule is Fc1ccc2[nH]c3c(OCCN4CC[C@H](F)C4)c4[nH]c5ccc(F)cc5c4cc3c2c1. The summed E-state index contributed by atoms with van der Waals surface area (Å²) in [6.07, 6.45) is -0.219. The van der Waals surface area contributed by atoms with E-state index < -0.39 is 6.17 Å². The Balaban J connectivity index is 1.53. The number of fused-ring (bicyclic) bond motifs is 6. The summed E-state index contributed by atoms with van der Waals surface area (Å²) in [6, 6.07) is 11.2. The van der Waals surface area contributed by atoms with Crippen LogP contribution in [0.5, 0.6) is 5.75 Å². The van der Waals surface area contributed by atoms with Gasteiger partial charge >= 0.3 is 0 Å². The summed E-state index contributed by atoms with van der Waals surface area (Å²) in [4.78, 5) is 8.74. The number of H-pyrrole nitrogens is 2. The second-order valence-electron chi connectivity index (χ2n) is 8.22. The van der Waals surface area contributed by atoms with Gasteiger partial charge < -0.3 is 14.7 Å². The van der Waals surface area contributed by atoms with Crippen molar-refractivity contribution in [1.82, 2.24) is 14.9 Å². The summed E-state index contributed by atoms with van der Waals surface area (Å²) in [5.41, 5.74) is 3.10. The highest BCUT2D eigenvalue weighted by Crippen LogP contribution is 2.41. The molecule has 4 nitrogen and oxygen atoms in total. The summed E-state index contributed by atoms with van der Waals surface area (Å²) in [5.74, 6) is -0.0387. The van der Waals surface area contributed by atoms with Crippen LogP contribution in [0.15, 0.2) is 42.5 Å². The van der Waals surface area contributed by atoms with E-state index in [1.807, 2.05) is 11.0 Å². The number of hydrogen-bond donors (Lipinski definition) is 2. The number of likely N-dealkylation sites (tertiary alicyclic amines) is 1. The fraction of sp³-hybridized carbons (Fsp3) is 0.250. The smallest absolute Gasteiger partial charge is 0.167 e. The van der Waals surface area contributed by atoms with Crippen LogP contribution < -0.4 is 4.74 Å². The molecular formula is C24H20F3N3O. The summed E-state index contributed by atoms with van der Waals surface area (Å²) in [7, 11) is 0. The summed E-state index contributed by atoms with van der Waals surface area (Å²) < 4.78 is 47.7. The van der Waals surface area contributed by atoms with Gasteiger partial charge in [0.2, 0.25) is 0 Å². The van der Waals surface area contributed by atoms with Crippen molar-refractivity contribution >= 4 is 43.6 Å². The Kier molecular flexibility index (Phi) is 4.14. The molecule has 3 heterocycles.